The Morgan fingerprint density at radius 2 is 2.08 bits per heavy atom. The van der Waals surface area contributed by atoms with Gasteiger partial charge in [0.2, 0.25) is 0 Å². The molecule has 1 saturated heterocycles. The molecule has 4 N–H and O–H groups in total. The highest BCUT2D eigenvalue weighted by Crippen LogP contribution is 2.26. The van der Waals surface area contributed by atoms with E-state index in [1.54, 1.807) is 18.3 Å². The number of nitrogens with one attached hydrogen (secondary N) is 2. The summed E-state index contributed by atoms with van der Waals surface area (Å²) in [5.74, 6) is 0.744. The number of carbonyl (C=O) groups is 1. The summed E-state index contributed by atoms with van der Waals surface area (Å²) in [7, 11) is 0. The highest BCUT2D eigenvalue weighted by molar-refractivity contribution is 5.94. The maximum absolute atomic E-state index is 12.1. The fourth-order valence-electron chi connectivity index (χ4n) is 2.70. The summed E-state index contributed by atoms with van der Waals surface area (Å²) in [6.07, 6.45) is 4.53. The minimum Gasteiger partial charge on any atom is -0.393 e. The molecule has 2 aromatic heterocycles. The summed E-state index contributed by atoms with van der Waals surface area (Å²) < 4.78 is 0. The van der Waals surface area contributed by atoms with E-state index in [0.29, 0.717) is 22.9 Å². The molecule has 0 spiro atoms. The van der Waals surface area contributed by atoms with Crippen LogP contribution in [0, 0.1) is 0 Å². The van der Waals surface area contributed by atoms with Crippen LogP contribution in [0.5, 0.6) is 0 Å². The molecule has 0 aromatic carbocycles. The Bertz CT molecular complexity index is 715. The van der Waals surface area contributed by atoms with Gasteiger partial charge in [0.25, 0.3) is 5.91 Å². The van der Waals surface area contributed by atoms with E-state index in [2.05, 4.69) is 42.5 Å². The van der Waals surface area contributed by atoms with Crippen LogP contribution < -0.4 is 21.5 Å². The number of nitrogens with two attached hydrogens (primary N) is 1. The molecular formula is C16H22N8O. The first-order chi connectivity index (χ1) is 12.2. The summed E-state index contributed by atoms with van der Waals surface area (Å²) in [5, 5.41) is 0. The van der Waals surface area contributed by atoms with Crippen LogP contribution in [0.1, 0.15) is 17.3 Å². The number of nitrogens with zero attached hydrogens (tertiary/aromatic N) is 5. The van der Waals surface area contributed by atoms with E-state index in [0.717, 1.165) is 32.7 Å². The Balaban J connectivity index is 1.66. The molecule has 3 rings (SSSR count). The minimum absolute atomic E-state index is 0.316. The van der Waals surface area contributed by atoms with Crippen molar-refractivity contribution in [2.45, 2.75) is 6.92 Å². The van der Waals surface area contributed by atoms with Crippen LogP contribution in [0.25, 0.3) is 0 Å². The molecule has 0 aliphatic carbocycles. The third-order valence-corrected chi connectivity index (χ3v) is 4.20. The topological polar surface area (TPSA) is 112 Å². The van der Waals surface area contributed by atoms with Crippen molar-refractivity contribution >= 4 is 23.2 Å². The number of hydrazine groups is 1. The van der Waals surface area contributed by atoms with Crippen molar-refractivity contribution in [1.29, 1.82) is 0 Å². The monoisotopic (exact) mass is 342 g/mol. The zero-order chi connectivity index (χ0) is 17.6. The lowest BCUT2D eigenvalue weighted by Crippen LogP contribution is -2.46. The largest absolute Gasteiger partial charge is 0.393 e. The Morgan fingerprint density at radius 1 is 1.28 bits per heavy atom. The van der Waals surface area contributed by atoms with E-state index in [1.165, 1.54) is 12.5 Å². The molecule has 0 unspecified atom stereocenters. The first kappa shape index (κ1) is 16.9. The van der Waals surface area contributed by atoms with Gasteiger partial charge in [-0.25, -0.2) is 9.97 Å². The zero-order valence-corrected chi connectivity index (χ0v) is 14.1. The number of carbonyl (C=O) groups excluding carboxylic acids is 1. The van der Waals surface area contributed by atoms with Crippen molar-refractivity contribution in [2.75, 3.05) is 48.8 Å². The minimum atomic E-state index is -0.316. The Morgan fingerprint density at radius 3 is 2.76 bits per heavy atom. The molecule has 9 nitrogen and oxygen atoms in total. The van der Waals surface area contributed by atoms with Crippen molar-refractivity contribution in [3.8, 4) is 0 Å². The van der Waals surface area contributed by atoms with Gasteiger partial charge < -0.3 is 15.5 Å². The molecule has 3 heterocycles. The molecule has 9 heteroatoms. The summed E-state index contributed by atoms with van der Waals surface area (Å²) in [6, 6.07) is 3.37. The number of nitrogen functional groups attached to an aromatic ring is 1. The number of hydrogen-bond donors (Lipinski definition) is 3. The number of amides is 1. The average molecular weight is 342 g/mol. The summed E-state index contributed by atoms with van der Waals surface area (Å²) >= 11 is 0. The number of likely N-dealkylation sites (N-methyl/N-ethyl adjacent to an activating group) is 1. The number of piperazine rings is 1. The van der Waals surface area contributed by atoms with Gasteiger partial charge in [-0.05, 0) is 18.7 Å². The van der Waals surface area contributed by atoms with Crippen LogP contribution in [0.2, 0.25) is 0 Å². The smallest absolute Gasteiger partial charge is 0.271 e. The van der Waals surface area contributed by atoms with Crippen molar-refractivity contribution in [3.05, 3.63) is 36.4 Å². The fraction of sp³-hybridized carbons (Fsp3) is 0.375. The number of pyridine rings is 1. The van der Waals surface area contributed by atoms with Gasteiger partial charge in [-0.1, -0.05) is 6.92 Å². The first-order valence-electron chi connectivity index (χ1n) is 8.23. The lowest BCUT2D eigenvalue weighted by molar-refractivity contribution is 0.0962. The predicted molar refractivity (Wildman–Crippen MR) is 96.1 cm³/mol. The molecule has 2 aromatic rings. The van der Waals surface area contributed by atoms with Gasteiger partial charge in [0.1, 0.15) is 12.0 Å². The van der Waals surface area contributed by atoms with Crippen LogP contribution >= 0.6 is 0 Å². The van der Waals surface area contributed by atoms with Gasteiger partial charge >= 0.3 is 0 Å². The Kier molecular flexibility index (Phi) is 5.24. The third-order valence-electron chi connectivity index (χ3n) is 4.20. The molecule has 0 atom stereocenters. The number of aromatic nitrogens is 3. The van der Waals surface area contributed by atoms with Crippen molar-refractivity contribution in [1.82, 2.24) is 25.3 Å². The number of rotatable bonds is 5. The highest BCUT2D eigenvalue weighted by atomic mass is 16.2. The lowest BCUT2D eigenvalue weighted by Gasteiger charge is -2.35. The van der Waals surface area contributed by atoms with Crippen LogP contribution in [0.4, 0.5) is 17.3 Å². The predicted octanol–water partition coefficient (Wildman–Crippen LogP) is 0.353. The quantitative estimate of drug-likeness (QED) is 0.668. The second-order valence-electron chi connectivity index (χ2n) is 5.70. The molecule has 0 saturated carbocycles. The molecule has 0 radical (unpaired) electrons. The third kappa shape index (κ3) is 3.94. The molecule has 1 aliphatic heterocycles. The molecule has 1 amide bonds. The van der Waals surface area contributed by atoms with E-state index >= 15 is 0 Å². The zero-order valence-electron chi connectivity index (χ0n) is 14.1. The van der Waals surface area contributed by atoms with Crippen LogP contribution in [0.3, 0.4) is 0 Å². The summed E-state index contributed by atoms with van der Waals surface area (Å²) in [5.41, 5.74) is 12.4. The number of anilines is 3. The van der Waals surface area contributed by atoms with Crippen LogP contribution in [-0.4, -0.2) is 58.5 Å². The van der Waals surface area contributed by atoms with Crippen molar-refractivity contribution in [3.63, 3.8) is 0 Å². The second kappa shape index (κ2) is 7.75. The molecule has 25 heavy (non-hydrogen) atoms. The van der Waals surface area contributed by atoms with Gasteiger partial charge in [0.15, 0.2) is 11.6 Å². The summed E-state index contributed by atoms with van der Waals surface area (Å²) in [6.45, 7) is 6.86. The van der Waals surface area contributed by atoms with Crippen molar-refractivity contribution in [2.24, 2.45) is 0 Å². The fourth-order valence-corrected chi connectivity index (χ4v) is 2.70. The van der Waals surface area contributed by atoms with E-state index in [9.17, 15) is 4.79 Å². The van der Waals surface area contributed by atoms with Gasteiger partial charge in [0, 0.05) is 38.6 Å². The van der Waals surface area contributed by atoms with E-state index in [1.807, 2.05) is 0 Å². The van der Waals surface area contributed by atoms with Gasteiger partial charge in [-0.2, -0.15) is 0 Å². The van der Waals surface area contributed by atoms with Crippen molar-refractivity contribution < 1.29 is 4.79 Å². The highest BCUT2D eigenvalue weighted by Gasteiger charge is 2.20. The molecular weight excluding hydrogens is 320 g/mol. The first-order valence-corrected chi connectivity index (χ1v) is 8.23. The molecule has 0 bridgehead atoms. The van der Waals surface area contributed by atoms with E-state index in [-0.39, 0.29) is 5.91 Å². The van der Waals surface area contributed by atoms with E-state index in [4.69, 9.17) is 5.73 Å². The van der Waals surface area contributed by atoms with Gasteiger partial charge in [-0.3, -0.25) is 20.6 Å². The average Bonchev–Trinajstić information content (AvgIpc) is 2.68. The molecule has 132 valence electrons. The van der Waals surface area contributed by atoms with Gasteiger partial charge in [0.05, 0.1) is 5.56 Å². The normalized spacial score (nSPS) is 15.0. The Labute approximate surface area is 146 Å². The molecule has 1 fully saturated rings. The lowest BCUT2D eigenvalue weighted by atomic mass is 10.3. The SMILES string of the molecule is CCN1CCN(c2ncnc(NNC(=O)c3cccnc3)c2N)CC1. The van der Waals surface area contributed by atoms with Gasteiger partial charge in [-0.15, -0.1) is 0 Å². The molecule has 1 aliphatic rings. The van der Waals surface area contributed by atoms with Crippen LogP contribution in [-0.2, 0) is 0 Å². The van der Waals surface area contributed by atoms with Crippen LogP contribution in [0.15, 0.2) is 30.9 Å². The summed E-state index contributed by atoms with van der Waals surface area (Å²) in [4.78, 5) is 28.9. The second-order valence-corrected chi connectivity index (χ2v) is 5.70. The van der Waals surface area contributed by atoms with E-state index < -0.39 is 0 Å². The Hall–Kier alpha value is -2.94. The standard InChI is InChI=1S/C16H22N8O/c1-2-23-6-8-24(9-7-23)15-13(17)14(19-11-20-15)21-22-16(25)12-4-3-5-18-10-12/h3-5,10-11H,2,6-9,17H2,1H3,(H,22,25)(H,19,20,21). The maximum atomic E-state index is 12.1. The number of hydrogen-bond acceptors (Lipinski definition) is 8. The maximum Gasteiger partial charge on any atom is 0.271 e.